The molecule has 0 aliphatic rings. The number of hydrazine groups is 1. The fourth-order valence-corrected chi connectivity index (χ4v) is 3.30. The van der Waals surface area contributed by atoms with Crippen LogP contribution in [0.3, 0.4) is 0 Å². The molecule has 0 fully saturated rings. The normalized spacial score (nSPS) is 10.3. The molecule has 0 aliphatic heterocycles. The average molecular weight is 427 g/mol. The van der Waals surface area contributed by atoms with Crippen molar-refractivity contribution >= 4 is 23.6 Å². The lowest BCUT2D eigenvalue weighted by Gasteiger charge is -2.12. The molecule has 30 heavy (non-hydrogen) atoms. The molecular weight excluding hydrogens is 406 g/mol. The Morgan fingerprint density at radius 3 is 2.40 bits per heavy atom. The number of ether oxygens (including phenoxy) is 2. The van der Waals surface area contributed by atoms with Crippen molar-refractivity contribution in [1.29, 1.82) is 0 Å². The molecule has 156 valence electrons. The summed E-state index contributed by atoms with van der Waals surface area (Å²) in [7, 11) is 1.58. The van der Waals surface area contributed by atoms with Crippen molar-refractivity contribution in [1.82, 2.24) is 25.6 Å². The van der Waals surface area contributed by atoms with Crippen molar-refractivity contribution in [2.24, 2.45) is 0 Å². The highest BCUT2D eigenvalue weighted by molar-refractivity contribution is 7.99. The lowest BCUT2D eigenvalue weighted by Crippen LogP contribution is -2.41. The van der Waals surface area contributed by atoms with Crippen molar-refractivity contribution in [2.75, 3.05) is 12.9 Å². The summed E-state index contributed by atoms with van der Waals surface area (Å²) in [5.41, 5.74) is 5.42. The zero-order chi connectivity index (χ0) is 21.3. The Morgan fingerprint density at radius 2 is 1.70 bits per heavy atom. The second-order valence-corrected chi connectivity index (χ2v) is 6.97. The van der Waals surface area contributed by atoms with Gasteiger partial charge in [-0.3, -0.25) is 25.0 Å². The lowest BCUT2D eigenvalue weighted by atomic mass is 10.3. The first-order chi connectivity index (χ1) is 14.6. The van der Waals surface area contributed by atoms with Crippen LogP contribution in [-0.4, -0.2) is 39.4 Å². The number of benzene rings is 2. The van der Waals surface area contributed by atoms with Crippen LogP contribution >= 0.6 is 11.8 Å². The predicted molar refractivity (Wildman–Crippen MR) is 111 cm³/mol. The zero-order valence-electron chi connectivity index (χ0n) is 16.5. The van der Waals surface area contributed by atoms with Crippen molar-refractivity contribution in [3.63, 3.8) is 0 Å². The molecule has 10 heteroatoms. The molecule has 3 rings (SSSR count). The number of thioether (sulfide) groups is 1. The van der Waals surface area contributed by atoms with Gasteiger partial charge in [0.2, 0.25) is 11.8 Å². The molecule has 3 aromatic rings. The van der Waals surface area contributed by atoms with Crippen LogP contribution in [0.4, 0.5) is 0 Å². The predicted octanol–water partition coefficient (Wildman–Crippen LogP) is 2.11. The summed E-state index contributed by atoms with van der Waals surface area (Å²) in [6.45, 7) is 1.47. The number of amides is 2. The summed E-state index contributed by atoms with van der Waals surface area (Å²) in [4.78, 5) is 22.8. The van der Waals surface area contributed by atoms with Crippen LogP contribution in [0.15, 0.2) is 59.8 Å². The first-order valence-corrected chi connectivity index (χ1v) is 10.0. The SMILES string of the molecule is COc1ccccc1OCc1nnc(SCC(=O)NNC(C)=O)n1-c1ccccc1. The Labute approximate surface area is 177 Å². The van der Waals surface area contributed by atoms with Crippen molar-refractivity contribution < 1.29 is 19.1 Å². The maximum absolute atomic E-state index is 11.9. The summed E-state index contributed by atoms with van der Waals surface area (Å²) in [6, 6.07) is 16.9. The summed E-state index contributed by atoms with van der Waals surface area (Å²) < 4.78 is 13.0. The average Bonchev–Trinajstić information content (AvgIpc) is 3.18. The van der Waals surface area contributed by atoms with E-state index in [2.05, 4.69) is 21.0 Å². The Kier molecular flexibility index (Phi) is 7.28. The van der Waals surface area contributed by atoms with Crippen LogP contribution in [0, 0.1) is 0 Å². The molecule has 0 spiro atoms. The summed E-state index contributed by atoms with van der Waals surface area (Å²) >= 11 is 1.20. The van der Waals surface area contributed by atoms with Crippen molar-refractivity contribution in [3.05, 3.63) is 60.4 Å². The summed E-state index contributed by atoms with van der Waals surface area (Å²) in [5.74, 6) is 1.12. The van der Waals surface area contributed by atoms with E-state index in [1.54, 1.807) is 7.11 Å². The number of aromatic nitrogens is 3. The van der Waals surface area contributed by atoms with Crippen molar-refractivity contribution in [2.45, 2.75) is 18.7 Å². The first-order valence-electron chi connectivity index (χ1n) is 9.02. The molecule has 1 heterocycles. The third kappa shape index (κ3) is 5.51. The lowest BCUT2D eigenvalue weighted by molar-refractivity contribution is -0.126. The highest BCUT2D eigenvalue weighted by Crippen LogP contribution is 2.28. The van der Waals surface area contributed by atoms with Gasteiger partial charge < -0.3 is 9.47 Å². The van der Waals surface area contributed by atoms with E-state index in [4.69, 9.17) is 9.47 Å². The Balaban J connectivity index is 1.78. The van der Waals surface area contributed by atoms with E-state index in [0.29, 0.717) is 22.5 Å². The molecule has 1 aromatic heterocycles. The molecule has 0 atom stereocenters. The van der Waals surface area contributed by atoms with Crippen LogP contribution < -0.4 is 20.3 Å². The Bertz CT molecular complexity index is 1010. The number of hydrogen-bond donors (Lipinski definition) is 2. The highest BCUT2D eigenvalue weighted by atomic mass is 32.2. The summed E-state index contributed by atoms with van der Waals surface area (Å²) in [6.07, 6.45) is 0. The Hall–Kier alpha value is -3.53. The molecule has 0 bridgehead atoms. The third-order valence-corrected chi connectivity index (χ3v) is 4.78. The largest absolute Gasteiger partial charge is 0.493 e. The van der Waals surface area contributed by atoms with Crippen molar-refractivity contribution in [3.8, 4) is 17.2 Å². The van der Waals surface area contributed by atoms with Crippen LogP contribution in [0.2, 0.25) is 0 Å². The first kappa shape index (κ1) is 21.2. The molecule has 0 aliphatic carbocycles. The van der Waals surface area contributed by atoms with E-state index < -0.39 is 0 Å². The van der Waals surface area contributed by atoms with Gasteiger partial charge in [0.05, 0.1) is 12.9 Å². The molecule has 0 radical (unpaired) electrons. The van der Waals surface area contributed by atoms with Gasteiger partial charge in [0.25, 0.3) is 0 Å². The fourth-order valence-electron chi connectivity index (χ4n) is 2.53. The Morgan fingerprint density at radius 1 is 1.00 bits per heavy atom. The molecular formula is C20H21N5O4S. The smallest absolute Gasteiger partial charge is 0.248 e. The number of carbonyl (C=O) groups excluding carboxylic acids is 2. The second-order valence-electron chi connectivity index (χ2n) is 6.03. The molecule has 9 nitrogen and oxygen atoms in total. The fraction of sp³-hybridized carbons (Fsp3) is 0.200. The minimum Gasteiger partial charge on any atom is -0.493 e. The van der Waals surface area contributed by atoms with Gasteiger partial charge >= 0.3 is 0 Å². The van der Waals surface area contributed by atoms with Gasteiger partial charge in [0.1, 0.15) is 6.61 Å². The number of carbonyl (C=O) groups is 2. The van der Waals surface area contributed by atoms with E-state index in [1.165, 1.54) is 18.7 Å². The molecule has 2 N–H and O–H groups in total. The van der Waals surface area contributed by atoms with Crippen LogP contribution in [0.25, 0.3) is 5.69 Å². The number of para-hydroxylation sites is 3. The quantitative estimate of drug-likeness (QED) is 0.419. The molecule has 0 unspecified atom stereocenters. The van der Waals surface area contributed by atoms with E-state index in [0.717, 1.165) is 5.69 Å². The zero-order valence-corrected chi connectivity index (χ0v) is 17.3. The topological polar surface area (TPSA) is 107 Å². The van der Waals surface area contributed by atoms with E-state index >= 15 is 0 Å². The summed E-state index contributed by atoms with van der Waals surface area (Å²) in [5, 5.41) is 8.98. The minimum atomic E-state index is -0.357. The number of hydrogen-bond acceptors (Lipinski definition) is 7. The van der Waals surface area contributed by atoms with Gasteiger partial charge in [0.15, 0.2) is 22.5 Å². The van der Waals surface area contributed by atoms with Gasteiger partial charge in [-0.15, -0.1) is 10.2 Å². The highest BCUT2D eigenvalue weighted by Gasteiger charge is 2.17. The monoisotopic (exact) mass is 427 g/mol. The number of nitrogens with one attached hydrogen (secondary N) is 2. The van der Waals surface area contributed by atoms with Crippen LogP contribution in [0.5, 0.6) is 11.5 Å². The number of nitrogens with zero attached hydrogens (tertiary/aromatic N) is 3. The number of methoxy groups -OCH3 is 1. The maximum atomic E-state index is 11.9. The standard InChI is InChI=1S/C20H21N5O4S/c1-14(26)21-23-19(27)13-30-20-24-22-18(25(20)15-8-4-3-5-9-15)12-29-17-11-7-6-10-16(17)28-2/h3-11H,12-13H2,1-2H3,(H,21,26)(H,23,27). The van der Waals surface area contributed by atoms with E-state index in [9.17, 15) is 9.59 Å². The van der Waals surface area contributed by atoms with Gasteiger partial charge in [-0.25, -0.2) is 0 Å². The van der Waals surface area contributed by atoms with Gasteiger partial charge in [-0.1, -0.05) is 42.1 Å². The van der Waals surface area contributed by atoms with E-state index in [1.807, 2.05) is 59.2 Å². The van der Waals surface area contributed by atoms with Gasteiger partial charge in [0, 0.05) is 12.6 Å². The minimum absolute atomic E-state index is 0.0542. The van der Waals surface area contributed by atoms with Crippen LogP contribution in [0.1, 0.15) is 12.7 Å². The number of rotatable bonds is 8. The molecule has 0 saturated heterocycles. The van der Waals surface area contributed by atoms with Gasteiger partial charge in [-0.05, 0) is 24.3 Å². The molecule has 2 aromatic carbocycles. The van der Waals surface area contributed by atoms with Crippen LogP contribution in [-0.2, 0) is 16.2 Å². The van der Waals surface area contributed by atoms with Gasteiger partial charge in [-0.2, -0.15) is 0 Å². The third-order valence-electron chi connectivity index (χ3n) is 3.85. The maximum Gasteiger partial charge on any atom is 0.248 e. The molecule has 0 saturated carbocycles. The second kappa shape index (κ2) is 10.3. The molecule has 2 amide bonds. The van der Waals surface area contributed by atoms with E-state index in [-0.39, 0.29) is 24.2 Å².